The summed E-state index contributed by atoms with van der Waals surface area (Å²) in [4.78, 5) is 16.9. The third-order valence-electron chi connectivity index (χ3n) is 5.31. The molecule has 1 aliphatic rings. The topological polar surface area (TPSA) is 105 Å². The molecule has 5 rings (SSSR count). The number of amides is 1. The van der Waals surface area contributed by atoms with Gasteiger partial charge in [0.05, 0.1) is 33.4 Å². The van der Waals surface area contributed by atoms with Crippen LogP contribution in [0.3, 0.4) is 0 Å². The standard InChI is InChI=1S/C19H16FN5O3S3/c20-13-9-25(31(27,28)17-3-1-2-14-18(17)24-30-23-14)7-6-12(13)19(26)22-11-4-5-16-15(8-11)21-10-29-16/h1-5,8,10,12-13H,6-7,9H2,(H,22,26)/t12-,13+/m0/s1. The molecule has 0 unspecified atom stereocenters. The molecule has 0 spiro atoms. The summed E-state index contributed by atoms with van der Waals surface area (Å²) >= 11 is 2.41. The van der Waals surface area contributed by atoms with E-state index in [1.54, 1.807) is 29.8 Å². The maximum Gasteiger partial charge on any atom is 0.245 e. The highest BCUT2D eigenvalue weighted by Gasteiger charge is 2.39. The number of thiazole rings is 1. The van der Waals surface area contributed by atoms with E-state index >= 15 is 0 Å². The first-order valence-corrected chi connectivity index (χ1v) is 12.5. The number of nitrogens with zero attached hydrogens (tertiary/aromatic N) is 4. The Morgan fingerprint density at radius 1 is 1.19 bits per heavy atom. The second kappa shape index (κ2) is 7.86. The first kappa shape index (κ1) is 20.4. The number of fused-ring (bicyclic) bond motifs is 2. The number of hydrogen-bond acceptors (Lipinski definition) is 8. The van der Waals surface area contributed by atoms with E-state index in [0.717, 1.165) is 26.3 Å². The number of halogens is 1. The van der Waals surface area contributed by atoms with Crippen LogP contribution in [0, 0.1) is 5.92 Å². The molecule has 1 fully saturated rings. The zero-order valence-electron chi connectivity index (χ0n) is 15.9. The van der Waals surface area contributed by atoms with Gasteiger partial charge in [-0.25, -0.2) is 17.8 Å². The summed E-state index contributed by atoms with van der Waals surface area (Å²) in [5, 5.41) is 2.73. The highest BCUT2D eigenvalue weighted by atomic mass is 32.2. The van der Waals surface area contributed by atoms with Crippen LogP contribution in [0.5, 0.6) is 0 Å². The highest BCUT2D eigenvalue weighted by Crippen LogP contribution is 2.30. The van der Waals surface area contributed by atoms with Gasteiger partial charge in [0.25, 0.3) is 0 Å². The van der Waals surface area contributed by atoms with E-state index < -0.39 is 28.0 Å². The number of sulfonamides is 1. The Morgan fingerprint density at radius 3 is 2.90 bits per heavy atom. The van der Waals surface area contributed by atoms with Gasteiger partial charge in [-0.1, -0.05) is 6.07 Å². The fourth-order valence-electron chi connectivity index (χ4n) is 3.69. The third kappa shape index (κ3) is 3.69. The predicted octanol–water partition coefficient (Wildman–Crippen LogP) is 3.29. The lowest BCUT2D eigenvalue weighted by Gasteiger charge is -2.33. The van der Waals surface area contributed by atoms with Crippen molar-refractivity contribution in [3.8, 4) is 0 Å². The molecule has 31 heavy (non-hydrogen) atoms. The van der Waals surface area contributed by atoms with Crippen LogP contribution in [-0.4, -0.2) is 51.6 Å². The number of anilines is 1. The number of alkyl halides is 1. The van der Waals surface area contributed by atoms with Crippen LogP contribution in [0.4, 0.5) is 10.1 Å². The summed E-state index contributed by atoms with van der Waals surface area (Å²) in [5.41, 5.74) is 3.76. The van der Waals surface area contributed by atoms with Crippen molar-refractivity contribution in [2.45, 2.75) is 17.5 Å². The van der Waals surface area contributed by atoms with E-state index in [0.29, 0.717) is 11.2 Å². The van der Waals surface area contributed by atoms with Gasteiger partial charge in [0, 0.05) is 18.8 Å². The average molecular weight is 478 g/mol. The van der Waals surface area contributed by atoms with Crippen LogP contribution in [-0.2, 0) is 14.8 Å². The molecule has 2 aromatic heterocycles. The summed E-state index contributed by atoms with van der Waals surface area (Å²) in [6, 6.07) is 10.0. The van der Waals surface area contributed by atoms with Gasteiger partial charge in [-0.05, 0) is 36.8 Å². The zero-order chi connectivity index (χ0) is 21.6. The molecular weight excluding hydrogens is 461 g/mol. The van der Waals surface area contributed by atoms with Gasteiger partial charge >= 0.3 is 0 Å². The molecule has 2 atom stereocenters. The first-order valence-electron chi connectivity index (χ1n) is 9.43. The molecule has 4 aromatic rings. The number of aromatic nitrogens is 3. The molecule has 0 radical (unpaired) electrons. The lowest BCUT2D eigenvalue weighted by molar-refractivity contribution is -0.123. The quantitative estimate of drug-likeness (QED) is 0.484. The Balaban J connectivity index is 1.31. The van der Waals surface area contributed by atoms with E-state index in [2.05, 4.69) is 19.0 Å². The van der Waals surface area contributed by atoms with Crippen LogP contribution in [0.2, 0.25) is 0 Å². The Bertz CT molecular complexity index is 1390. The maximum absolute atomic E-state index is 15.0. The van der Waals surface area contributed by atoms with Gasteiger partial charge in [0.1, 0.15) is 22.1 Å². The van der Waals surface area contributed by atoms with Gasteiger partial charge in [0.2, 0.25) is 15.9 Å². The predicted molar refractivity (Wildman–Crippen MR) is 117 cm³/mol. The van der Waals surface area contributed by atoms with Crippen molar-refractivity contribution in [2.75, 3.05) is 18.4 Å². The number of piperidine rings is 1. The molecule has 160 valence electrons. The molecule has 0 saturated carbocycles. The number of nitrogens with one attached hydrogen (secondary N) is 1. The summed E-state index contributed by atoms with van der Waals surface area (Å²) in [5.74, 6) is -1.40. The zero-order valence-corrected chi connectivity index (χ0v) is 18.4. The van der Waals surface area contributed by atoms with Crippen LogP contribution >= 0.6 is 23.1 Å². The number of rotatable bonds is 4. The Morgan fingerprint density at radius 2 is 2.06 bits per heavy atom. The second-order valence-electron chi connectivity index (χ2n) is 7.19. The first-order chi connectivity index (χ1) is 14.9. The SMILES string of the molecule is O=C(Nc1ccc2scnc2c1)[C@H]1CCN(S(=O)(=O)c2cccc3nsnc23)C[C@H]1F. The van der Waals surface area contributed by atoms with Crippen LogP contribution in [0.15, 0.2) is 46.8 Å². The average Bonchev–Trinajstić information content (AvgIpc) is 3.42. The lowest BCUT2D eigenvalue weighted by atomic mass is 9.95. The second-order valence-corrected chi connectivity index (χ2v) is 10.5. The lowest BCUT2D eigenvalue weighted by Crippen LogP contribution is -2.48. The summed E-state index contributed by atoms with van der Waals surface area (Å²) in [7, 11) is -3.96. The molecule has 3 heterocycles. The maximum atomic E-state index is 15.0. The summed E-state index contributed by atoms with van der Waals surface area (Å²) in [6.45, 7) is -0.348. The smallest absolute Gasteiger partial charge is 0.245 e. The molecular formula is C19H16FN5O3S3. The van der Waals surface area contributed by atoms with E-state index in [9.17, 15) is 17.6 Å². The fraction of sp³-hybridized carbons (Fsp3) is 0.263. The minimum Gasteiger partial charge on any atom is -0.326 e. The van der Waals surface area contributed by atoms with Crippen LogP contribution < -0.4 is 5.32 Å². The van der Waals surface area contributed by atoms with Crippen molar-refractivity contribution in [1.29, 1.82) is 0 Å². The van der Waals surface area contributed by atoms with Gasteiger partial charge in [-0.3, -0.25) is 4.79 Å². The van der Waals surface area contributed by atoms with Crippen molar-refractivity contribution in [3.05, 3.63) is 41.9 Å². The number of carbonyl (C=O) groups excluding carboxylic acids is 1. The number of hydrogen-bond donors (Lipinski definition) is 1. The minimum absolute atomic E-state index is 0.00502. The fourth-order valence-corrected chi connectivity index (χ4v) is 6.56. The van der Waals surface area contributed by atoms with E-state index in [-0.39, 0.29) is 29.9 Å². The van der Waals surface area contributed by atoms with Gasteiger partial charge < -0.3 is 5.32 Å². The van der Waals surface area contributed by atoms with Crippen molar-refractivity contribution >= 4 is 65.9 Å². The molecule has 1 aliphatic heterocycles. The molecule has 1 saturated heterocycles. The van der Waals surface area contributed by atoms with E-state index in [1.165, 1.54) is 17.4 Å². The normalized spacial score (nSPS) is 20.3. The molecule has 2 aromatic carbocycles. The van der Waals surface area contributed by atoms with Crippen molar-refractivity contribution in [1.82, 2.24) is 18.0 Å². The van der Waals surface area contributed by atoms with Crippen molar-refractivity contribution in [3.63, 3.8) is 0 Å². The van der Waals surface area contributed by atoms with E-state index in [4.69, 9.17) is 0 Å². The summed E-state index contributed by atoms with van der Waals surface area (Å²) in [6.07, 6.45) is -1.55. The third-order valence-corrected chi connectivity index (χ3v) is 8.55. The highest BCUT2D eigenvalue weighted by molar-refractivity contribution is 7.89. The summed E-state index contributed by atoms with van der Waals surface area (Å²) < 4.78 is 51.4. The largest absolute Gasteiger partial charge is 0.326 e. The van der Waals surface area contributed by atoms with Gasteiger partial charge in [-0.2, -0.15) is 13.1 Å². The van der Waals surface area contributed by atoms with Crippen LogP contribution in [0.1, 0.15) is 6.42 Å². The Kier molecular flexibility index (Phi) is 5.16. The molecule has 8 nitrogen and oxygen atoms in total. The number of benzene rings is 2. The van der Waals surface area contributed by atoms with Gasteiger partial charge in [0.15, 0.2) is 0 Å². The van der Waals surface area contributed by atoms with Crippen molar-refractivity contribution in [2.24, 2.45) is 5.92 Å². The minimum atomic E-state index is -3.96. The van der Waals surface area contributed by atoms with E-state index in [1.807, 2.05) is 6.07 Å². The molecule has 1 amide bonds. The van der Waals surface area contributed by atoms with Crippen molar-refractivity contribution < 1.29 is 17.6 Å². The van der Waals surface area contributed by atoms with Gasteiger partial charge in [-0.15, -0.1) is 11.3 Å². The monoisotopic (exact) mass is 477 g/mol. The number of carbonyl (C=O) groups is 1. The van der Waals surface area contributed by atoms with Crippen LogP contribution in [0.25, 0.3) is 21.3 Å². The molecule has 0 bridgehead atoms. The molecule has 12 heteroatoms. The Labute approximate surface area is 185 Å². The molecule has 0 aliphatic carbocycles. The molecule has 1 N–H and O–H groups in total. The Hall–Kier alpha value is -2.54.